The van der Waals surface area contributed by atoms with Crippen LogP contribution in [0, 0.1) is 6.92 Å². The molecular weight excluding hydrogens is 472 g/mol. The maximum Gasteiger partial charge on any atom is 0.256 e. The molecule has 11 nitrogen and oxygen atoms in total. The highest BCUT2D eigenvalue weighted by molar-refractivity contribution is 6.04. The van der Waals surface area contributed by atoms with Gasteiger partial charge in [-0.3, -0.25) is 4.79 Å². The Bertz CT molecular complexity index is 1440. The van der Waals surface area contributed by atoms with E-state index in [1.165, 1.54) is 6.33 Å². The lowest BCUT2D eigenvalue weighted by molar-refractivity contribution is 0.102. The Labute approximate surface area is 214 Å². The van der Waals surface area contributed by atoms with E-state index in [4.69, 9.17) is 14.2 Å². The second-order valence-electron chi connectivity index (χ2n) is 10.0. The Kier molecular flexibility index (Phi) is 6.46. The SMILES string of the molecule is Cc1ccc(C(=O)Nc2cc(C(C)(C)C)on2)cc1N(C)c1ncnc2cnc(N3CCOCC3)nc12. The first kappa shape index (κ1) is 24.6. The molecule has 4 heterocycles. The number of carbonyl (C=O) groups is 1. The minimum atomic E-state index is -0.284. The van der Waals surface area contributed by atoms with Gasteiger partial charge < -0.3 is 24.4 Å². The first-order valence-corrected chi connectivity index (χ1v) is 12.1. The summed E-state index contributed by atoms with van der Waals surface area (Å²) in [5, 5.41) is 6.82. The Balaban J connectivity index is 1.44. The van der Waals surface area contributed by atoms with Gasteiger partial charge in [0.2, 0.25) is 5.95 Å². The number of hydrogen-bond donors (Lipinski definition) is 1. The van der Waals surface area contributed by atoms with Gasteiger partial charge >= 0.3 is 0 Å². The molecule has 37 heavy (non-hydrogen) atoms. The number of nitrogens with zero attached hydrogens (tertiary/aromatic N) is 7. The molecule has 4 aromatic rings. The van der Waals surface area contributed by atoms with Gasteiger partial charge in [-0.15, -0.1) is 0 Å². The Morgan fingerprint density at radius 1 is 1.11 bits per heavy atom. The third-order valence-corrected chi connectivity index (χ3v) is 6.28. The molecule has 1 aromatic carbocycles. The topological polar surface area (TPSA) is 122 Å². The molecule has 0 bridgehead atoms. The summed E-state index contributed by atoms with van der Waals surface area (Å²) in [6.45, 7) is 10.8. The van der Waals surface area contributed by atoms with Crippen molar-refractivity contribution in [3.8, 4) is 0 Å². The fourth-order valence-corrected chi connectivity index (χ4v) is 4.10. The van der Waals surface area contributed by atoms with Crippen LogP contribution in [0.2, 0.25) is 0 Å². The zero-order chi connectivity index (χ0) is 26.2. The molecule has 1 aliphatic heterocycles. The number of fused-ring (bicyclic) bond motifs is 1. The van der Waals surface area contributed by atoms with E-state index < -0.39 is 0 Å². The Morgan fingerprint density at radius 2 is 1.89 bits per heavy atom. The highest BCUT2D eigenvalue weighted by atomic mass is 16.5. The average Bonchev–Trinajstić information content (AvgIpc) is 3.37. The molecule has 5 rings (SSSR count). The number of carbonyl (C=O) groups excluding carboxylic acids is 1. The van der Waals surface area contributed by atoms with Gasteiger partial charge in [-0.2, -0.15) is 0 Å². The van der Waals surface area contributed by atoms with E-state index in [9.17, 15) is 4.79 Å². The third-order valence-electron chi connectivity index (χ3n) is 6.28. The summed E-state index contributed by atoms with van der Waals surface area (Å²) in [5.41, 5.74) is 3.34. The van der Waals surface area contributed by atoms with Crippen LogP contribution in [0.5, 0.6) is 0 Å². The molecule has 1 fully saturated rings. The summed E-state index contributed by atoms with van der Waals surface area (Å²) in [4.78, 5) is 35.3. The monoisotopic (exact) mass is 502 g/mol. The van der Waals surface area contributed by atoms with Crippen molar-refractivity contribution < 1.29 is 14.1 Å². The van der Waals surface area contributed by atoms with E-state index in [1.54, 1.807) is 18.3 Å². The van der Waals surface area contributed by atoms with Crippen LogP contribution in [-0.2, 0) is 10.2 Å². The van der Waals surface area contributed by atoms with Crippen LogP contribution in [0.25, 0.3) is 11.0 Å². The van der Waals surface area contributed by atoms with E-state index >= 15 is 0 Å². The van der Waals surface area contributed by atoms with Gasteiger partial charge in [-0.25, -0.2) is 19.9 Å². The van der Waals surface area contributed by atoms with Gasteiger partial charge in [-0.05, 0) is 24.6 Å². The summed E-state index contributed by atoms with van der Waals surface area (Å²) < 4.78 is 10.8. The molecular formula is C26H30N8O3. The van der Waals surface area contributed by atoms with Gasteiger partial charge in [0.15, 0.2) is 11.6 Å². The van der Waals surface area contributed by atoms with Crippen molar-refractivity contribution >= 4 is 40.2 Å². The van der Waals surface area contributed by atoms with Crippen LogP contribution >= 0.6 is 0 Å². The number of ether oxygens (including phenoxy) is 1. The van der Waals surface area contributed by atoms with Crippen molar-refractivity contribution in [2.24, 2.45) is 0 Å². The maximum atomic E-state index is 13.1. The summed E-state index contributed by atoms with van der Waals surface area (Å²) in [7, 11) is 1.90. The van der Waals surface area contributed by atoms with Crippen molar-refractivity contribution in [2.45, 2.75) is 33.1 Å². The zero-order valence-corrected chi connectivity index (χ0v) is 21.6. The van der Waals surface area contributed by atoms with Gasteiger partial charge in [0, 0.05) is 42.9 Å². The predicted octanol–water partition coefficient (Wildman–Crippen LogP) is 3.87. The number of rotatable bonds is 5. The summed E-state index contributed by atoms with van der Waals surface area (Å²) >= 11 is 0. The fourth-order valence-electron chi connectivity index (χ4n) is 4.10. The summed E-state index contributed by atoms with van der Waals surface area (Å²) in [6.07, 6.45) is 3.21. The first-order valence-electron chi connectivity index (χ1n) is 12.1. The standard InChI is InChI=1S/C26H30N8O3/c1-16-6-7-17(24(35)30-21-13-20(37-32-21)26(2,3)4)12-19(16)33(5)23-22-18(28-15-29-23)14-27-25(31-22)34-8-10-36-11-9-34/h6-7,12-15H,8-11H2,1-5H3,(H,30,32,35). The van der Waals surface area contributed by atoms with Crippen molar-refractivity contribution in [1.82, 2.24) is 25.1 Å². The number of morpholine rings is 1. The van der Waals surface area contributed by atoms with Crippen LogP contribution in [0.15, 0.2) is 41.3 Å². The van der Waals surface area contributed by atoms with Crippen molar-refractivity contribution in [3.63, 3.8) is 0 Å². The lowest BCUT2D eigenvalue weighted by atomic mass is 9.93. The summed E-state index contributed by atoms with van der Waals surface area (Å²) in [5.74, 6) is 2.02. The van der Waals surface area contributed by atoms with Crippen molar-refractivity contribution in [2.75, 3.05) is 48.5 Å². The van der Waals surface area contributed by atoms with Crippen LogP contribution in [-0.4, -0.2) is 64.4 Å². The zero-order valence-electron chi connectivity index (χ0n) is 21.6. The number of nitrogens with one attached hydrogen (secondary N) is 1. The molecule has 0 atom stereocenters. The average molecular weight is 503 g/mol. The molecule has 0 unspecified atom stereocenters. The molecule has 11 heteroatoms. The first-order chi connectivity index (χ1) is 17.7. The molecule has 0 saturated carbocycles. The predicted molar refractivity (Wildman–Crippen MR) is 141 cm³/mol. The van der Waals surface area contributed by atoms with Gasteiger partial charge in [0.05, 0.1) is 19.4 Å². The molecule has 0 spiro atoms. The van der Waals surface area contributed by atoms with E-state index in [-0.39, 0.29) is 11.3 Å². The number of anilines is 4. The second kappa shape index (κ2) is 9.74. The molecule has 1 N–H and O–H groups in total. The minimum Gasteiger partial charge on any atom is -0.378 e. The van der Waals surface area contributed by atoms with Crippen LogP contribution in [0.3, 0.4) is 0 Å². The third kappa shape index (κ3) is 5.08. The molecule has 1 saturated heterocycles. The molecule has 1 aliphatic rings. The van der Waals surface area contributed by atoms with Crippen LogP contribution < -0.4 is 15.1 Å². The molecule has 0 radical (unpaired) electrons. The highest BCUT2D eigenvalue weighted by Gasteiger charge is 2.22. The minimum absolute atomic E-state index is 0.207. The fraction of sp³-hybridized carbons (Fsp3) is 0.385. The molecule has 1 amide bonds. The maximum absolute atomic E-state index is 13.1. The number of hydrogen-bond acceptors (Lipinski definition) is 10. The highest BCUT2D eigenvalue weighted by Crippen LogP contribution is 2.31. The largest absolute Gasteiger partial charge is 0.378 e. The molecule has 0 aliphatic carbocycles. The van der Waals surface area contributed by atoms with Gasteiger partial charge in [0.1, 0.15) is 23.1 Å². The number of aromatic nitrogens is 5. The van der Waals surface area contributed by atoms with Gasteiger partial charge in [0.25, 0.3) is 5.91 Å². The quantitative estimate of drug-likeness (QED) is 0.430. The normalized spacial score (nSPS) is 14.1. The van der Waals surface area contributed by atoms with E-state index in [1.807, 2.05) is 51.8 Å². The summed E-state index contributed by atoms with van der Waals surface area (Å²) in [6, 6.07) is 7.26. The van der Waals surface area contributed by atoms with E-state index in [2.05, 4.69) is 30.3 Å². The lowest BCUT2D eigenvalue weighted by Crippen LogP contribution is -2.37. The van der Waals surface area contributed by atoms with E-state index in [0.29, 0.717) is 53.2 Å². The number of benzene rings is 1. The van der Waals surface area contributed by atoms with Gasteiger partial charge in [-0.1, -0.05) is 32.0 Å². The lowest BCUT2D eigenvalue weighted by Gasteiger charge is -2.27. The Hall–Kier alpha value is -4.12. The van der Waals surface area contributed by atoms with E-state index in [0.717, 1.165) is 24.3 Å². The molecule has 3 aromatic heterocycles. The van der Waals surface area contributed by atoms with Crippen molar-refractivity contribution in [3.05, 3.63) is 53.7 Å². The second-order valence-corrected chi connectivity index (χ2v) is 10.0. The van der Waals surface area contributed by atoms with Crippen molar-refractivity contribution in [1.29, 1.82) is 0 Å². The van der Waals surface area contributed by atoms with Crippen LogP contribution in [0.1, 0.15) is 42.5 Å². The number of aryl methyl sites for hydroxylation is 1. The number of amides is 1. The Morgan fingerprint density at radius 3 is 2.62 bits per heavy atom. The smallest absolute Gasteiger partial charge is 0.256 e. The molecule has 192 valence electrons. The van der Waals surface area contributed by atoms with Crippen LogP contribution in [0.4, 0.5) is 23.3 Å².